The number of thiophene rings is 1. The number of nitrogens with one attached hydrogen (secondary N) is 1. The molecule has 146 valence electrons. The first-order valence-electron chi connectivity index (χ1n) is 7.41. The Bertz CT molecular complexity index is 1180. The lowest BCUT2D eigenvalue weighted by molar-refractivity contribution is 0.0696. The number of hydrogen-bond acceptors (Lipinski definition) is 5. The first-order valence-corrected chi connectivity index (χ1v) is 10.2. The molecule has 6 nitrogen and oxygen atoms in total. The van der Waals surface area contributed by atoms with Crippen LogP contribution in [-0.2, 0) is 10.0 Å². The number of halogens is 3. The number of rotatable bonds is 5. The molecule has 0 atom stereocenters. The largest absolute Gasteiger partial charge is 0.505 e. The summed E-state index contributed by atoms with van der Waals surface area (Å²) in [5, 5.41) is 20.1. The van der Waals surface area contributed by atoms with Crippen molar-refractivity contribution in [1.82, 2.24) is 0 Å². The van der Waals surface area contributed by atoms with Gasteiger partial charge in [0.2, 0.25) is 0 Å². The molecule has 0 bridgehead atoms. The number of phenolic OH excluding ortho intramolecular Hbond substituents is 1. The summed E-state index contributed by atoms with van der Waals surface area (Å²) in [6.07, 6.45) is 0. The molecule has 0 aliphatic rings. The van der Waals surface area contributed by atoms with E-state index in [4.69, 9.17) is 16.7 Å². The van der Waals surface area contributed by atoms with Crippen LogP contribution in [0.2, 0.25) is 5.02 Å². The molecular weight excluding hydrogens is 436 g/mol. The summed E-state index contributed by atoms with van der Waals surface area (Å²) in [5.74, 6) is -4.46. The summed E-state index contributed by atoms with van der Waals surface area (Å²) in [4.78, 5) is 10.7. The zero-order chi connectivity index (χ0) is 20.6. The Hall–Kier alpha value is -2.69. The Balaban J connectivity index is 2.09. The van der Waals surface area contributed by atoms with Crippen molar-refractivity contribution in [3.05, 3.63) is 64.0 Å². The summed E-state index contributed by atoms with van der Waals surface area (Å²) in [6, 6.07) is 6.24. The lowest BCUT2D eigenvalue weighted by atomic mass is 10.1. The molecule has 0 amide bonds. The highest BCUT2D eigenvalue weighted by atomic mass is 35.5. The highest BCUT2D eigenvalue weighted by Crippen LogP contribution is 2.35. The van der Waals surface area contributed by atoms with Crippen molar-refractivity contribution in [2.75, 3.05) is 4.72 Å². The third-order valence-corrected chi connectivity index (χ3v) is 6.22. The van der Waals surface area contributed by atoms with E-state index in [1.807, 2.05) is 4.72 Å². The van der Waals surface area contributed by atoms with E-state index in [9.17, 15) is 27.1 Å². The van der Waals surface area contributed by atoms with Crippen LogP contribution in [0.15, 0.2) is 46.7 Å². The van der Waals surface area contributed by atoms with Crippen LogP contribution in [0.5, 0.6) is 5.75 Å². The van der Waals surface area contributed by atoms with Gasteiger partial charge in [0.05, 0.1) is 16.3 Å². The fourth-order valence-electron chi connectivity index (χ4n) is 2.35. The number of benzene rings is 2. The number of anilines is 1. The predicted molar refractivity (Wildman–Crippen MR) is 101 cm³/mol. The molecule has 0 aliphatic carbocycles. The maximum atomic E-state index is 14.2. The third kappa shape index (κ3) is 3.79. The lowest BCUT2D eigenvalue weighted by Crippen LogP contribution is -2.15. The molecule has 3 aromatic rings. The molecule has 0 fully saturated rings. The van der Waals surface area contributed by atoms with Crippen LogP contribution in [0, 0.1) is 11.6 Å². The molecule has 0 radical (unpaired) electrons. The maximum Gasteiger partial charge on any atom is 0.335 e. The van der Waals surface area contributed by atoms with Crippen molar-refractivity contribution < 1.29 is 32.2 Å². The summed E-state index contributed by atoms with van der Waals surface area (Å²) in [5.41, 5.74) is -1.11. The Morgan fingerprint density at radius 2 is 1.86 bits per heavy atom. The SMILES string of the molecule is O=C(O)c1cc(Cl)c(O)c(S(=O)(=O)Nc2cc(-c3cccs3)c(F)cc2F)c1. The zero-order valence-electron chi connectivity index (χ0n) is 13.6. The van der Waals surface area contributed by atoms with Gasteiger partial charge < -0.3 is 10.2 Å². The molecule has 2 aromatic carbocycles. The van der Waals surface area contributed by atoms with Gasteiger partial charge in [-0.25, -0.2) is 22.0 Å². The standard InChI is InChI=1S/C17H10ClF2NO5S2/c18-10-4-8(17(23)24)5-15(16(10)22)28(25,26)21-13-6-9(11(19)7-12(13)20)14-2-1-3-27-14/h1-7,21-22H,(H,23,24). The van der Waals surface area contributed by atoms with Crippen molar-refractivity contribution in [2.45, 2.75) is 4.90 Å². The lowest BCUT2D eigenvalue weighted by Gasteiger charge is -2.13. The Labute approximate surface area is 166 Å². The molecule has 0 aliphatic heterocycles. The number of aromatic hydroxyl groups is 1. The fraction of sp³-hybridized carbons (Fsp3) is 0. The number of hydrogen-bond donors (Lipinski definition) is 3. The number of carboxylic acid groups (broad SMARTS) is 1. The van der Waals surface area contributed by atoms with E-state index in [0.717, 1.165) is 12.1 Å². The van der Waals surface area contributed by atoms with Gasteiger partial charge in [-0.05, 0) is 29.6 Å². The van der Waals surface area contributed by atoms with E-state index in [1.165, 1.54) is 11.3 Å². The van der Waals surface area contributed by atoms with Gasteiger partial charge in [0, 0.05) is 16.5 Å². The first-order chi connectivity index (χ1) is 13.1. The summed E-state index contributed by atoms with van der Waals surface area (Å²) in [7, 11) is -4.65. The van der Waals surface area contributed by atoms with E-state index in [1.54, 1.807) is 17.5 Å². The van der Waals surface area contributed by atoms with Crippen molar-refractivity contribution in [1.29, 1.82) is 0 Å². The highest BCUT2D eigenvalue weighted by Gasteiger charge is 2.25. The molecule has 11 heteroatoms. The molecule has 1 aromatic heterocycles. The Morgan fingerprint density at radius 1 is 1.14 bits per heavy atom. The highest BCUT2D eigenvalue weighted by molar-refractivity contribution is 7.92. The van der Waals surface area contributed by atoms with Gasteiger partial charge in [0.15, 0.2) is 5.75 Å². The molecule has 0 unspecified atom stereocenters. The van der Waals surface area contributed by atoms with E-state index < -0.39 is 54.5 Å². The fourth-order valence-corrected chi connectivity index (χ4v) is 4.57. The van der Waals surface area contributed by atoms with Crippen molar-refractivity contribution in [3.63, 3.8) is 0 Å². The van der Waals surface area contributed by atoms with E-state index >= 15 is 0 Å². The van der Waals surface area contributed by atoms with Gasteiger partial charge in [-0.3, -0.25) is 4.72 Å². The Kier molecular flexibility index (Phi) is 5.28. The van der Waals surface area contributed by atoms with E-state index in [0.29, 0.717) is 17.0 Å². The van der Waals surface area contributed by atoms with Crippen LogP contribution in [0.1, 0.15) is 10.4 Å². The van der Waals surface area contributed by atoms with Gasteiger partial charge >= 0.3 is 5.97 Å². The van der Waals surface area contributed by atoms with Gasteiger partial charge in [0.25, 0.3) is 10.0 Å². The third-order valence-electron chi connectivity index (χ3n) is 3.65. The summed E-state index contributed by atoms with van der Waals surface area (Å²) in [6.45, 7) is 0. The van der Waals surface area contributed by atoms with Crippen LogP contribution in [0.4, 0.5) is 14.5 Å². The molecule has 3 N–H and O–H groups in total. The van der Waals surface area contributed by atoms with Gasteiger partial charge in [0.1, 0.15) is 16.5 Å². The van der Waals surface area contributed by atoms with Crippen molar-refractivity contribution in [3.8, 4) is 16.2 Å². The average molecular weight is 446 g/mol. The minimum absolute atomic E-state index is 0.0318. The van der Waals surface area contributed by atoms with Crippen molar-refractivity contribution in [2.24, 2.45) is 0 Å². The smallest absolute Gasteiger partial charge is 0.335 e. The normalized spacial score (nSPS) is 11.4. The minimum Gasteiger partial charge on any atom is -0.505 e. The van der Waals surface area contributed by atoms with Crippen molar-refractivity contribution >= 4 is 44.6 Å². The van der Waals surface area contributed by atoms with Crippen LogP contribution >= 0.6 is 22.9 Å². The van der Waals surface area contributed by atoms with Crippen LogP contribution in [0.3, 0.4) is 0 Å². The molecule has 0 saturated carbocycles. The summed E-state index contributed by atoms with van der Waals surface area (Å²) < 4.78 is 55.3. The molecule has 3 rings (SSSR count). The summed E-state index contributed by atoms with van der Waals surface area (Å²) >= 11 is 6.86. The molecule has 28 heavy (non-hydrogen) atoms. The second-order valence-electron chi connectivity index (χ2n) is 5.50. The predicted octanol–water partition coefficient (Wildman–Crippen LogP) is 4.55. The molecular formula is C17H10ClF2NO5S2. The minimum atomic E-state index is -4.65. The number of carboxylic acids is 1. The van der Waals surface area contributed by atoms with Gasteiger partial charge in [-0.1, -0.05) is 17.7 Å². The van der Waals surface area contributed by atoms with E-state index in [-0.39, 0.29) is 5.56 Å². The van der Waals surface area contributed by atoms with Crippen LogP contribution in [0.25, 0.3) is 10.4 Å². The number of sulfonamides is 1. The number of phenols is 1. The molecule has 0 saturated heterocycles. The molecule has 0 spiro atoms. The second-order valence-corrected chi connectivity index (χ2v) is 8.51. The van der Waals surface area contributed by atoms with Gasteiger partial charge in [-0.15, -0.1) is 11.3 Å². The monoisotopic (exact) mass is 445 g/mol. The number of carbonyl (C=O) groups is 1. The van der Waals surface area contributed by atoms with Crippen LogP contribution < -0.4 is 4.72 Å². The maximum absolute atomic E-state index is 14.2. The first kappa shape index (κ1) is 20.1. The quantitative estimate of drug-likeness (QED) is 0.534. The Morgan fingerprint density at radius 3 is 2.46 bits per heavy atom. The van der Waals surface area contributed by atoms with Gasteiger partial charge in [-0.2, -0.15) is 0 Å². The topological polar surface area (TPSA) is 104 Å². The molecule has 1 heterocycles. The van der Waals surface area contributed by atoms with E-state index in [2.05, 4.69) is 0 Å². The zero-order valence-corrected chi connectivity index (χ0v) is 16.0. The second kappa shape index (κ2) is 7.38. The average Bonchev–Trinajstić information content (AvgIpc) is 3.13. The van der Waals surface area contributed by atoms with Crippen LogP contribution in [-0.4, -0.2) is 24.6 Å². The number of aromatic carboxylic acids is 1.